The number of benzene rings is 1. The van der Waals surface area contributed by atoms with Crippen LogP contribution in [-0.4, -0.2) is 53.7 Å². The molecule has 166 valence electrons. The van der Waals surface area contributed by atoms with Crippen LogP contribution in [0.2, 0.25) is 0 Å². The zero-order valence-corrected chi connectivity index (χ0v) is 20.0. The van der Waals surface area contributed by atoms with Crippen LogP contribution in [0.25, 0.3) is 11.3 Å². The molecule has 0 bridgehead atoms. The number of thioether (sulfide) groups is 1. The monoisotopic (exact) mass is 459 g/mol. The molecule has 1 N–H and O–H groups in total. The lowest BCUT2D eigenvalue weighted by molar-refractivity contribution is -0.766. The molecule has 1 aromatic heterocycles. The fourth-order valence-corrected chi connectivity index (χ4v) is 7.13. The van der Waals surface area contributed by atoms with Gasteiger partial charge in [0.2, 0.25) is 5.69 Å². The van der Waals surface area contributed by atoms with Gasteiger partial charge in [-0.3, -0.25) is 4.79 Å². The van der Waals surface area contributed by atoms with Crippen molar-refractivity contribution >= 4 is 29.4 Å². The number of fused-ring (bicyclic) bond motifs is 3. The number of thiol groups is 1. The van der Waals surface area contributed by atoms with E-state index in [0.717, 1.165) is 16.7 Å². The van der Waals surface area contributed by atoms with E-state index in [1.54, 1.807) is 0 Å². The highest BCUT2D eigenvalue weighted by molar-refractivity contribution is 7.98. The molecule has 2 aromatic rings. The molecule has 31 heavy (non-hydrogen) atoms. The van der Waals surface area contributed by atoms with Crippen LogP contribution in [0.1, 0.15) is 60.6 Å². The first-order chi connectivity index (χ1) is 15.3. The summed E-state index contributed by atoms with van der Waals surface area (Å²) < 4.78 is 7.86. The molecule has 2 atom stereocenters. The second-order valence-corrected chi connectivity index (χ2v) is 11.1. The summed E-state index contributed by atoms with van der Waals surface area (Å²) in [6, 6.07) is 9.12. The Hall–Kier alpha value is -1.44. The average molecular weight is 460 g/mol. The molecule has 1 saturated carbocycles. The lowest BCUT2D eigenvalue weighted by atomic mass is 9.95. The molecule has 1 saturated heterocycles. The Bertz CT molecular complexity index is 939. The standard InChI is InChI=1S/C24H31N3O2S2/c1-30-18-7-3-2-6-17(10-11-18)27-23-19-8-4-5-9-21(19)31-16-20(23)22(25-27)24(28)26-12-14-29-15-13-26/h4-5,8-9,17-18H,2-3,6-7,10-16H2,1H3/p+2. The summed E-state index contributed by atoms with van der Waals surface area (Å²) >= 11 is 3.38. The molecule has 0 spiro atoms. The maximum absolute atomic E-state index is 13.5. The van der Waals surface area contributed by atoms with Gasteiger partial charge in [-0.2, -0.15) is 5.10 Å². The number of H-pyrrole nitrogens is 1. The minimum absolute atomic E-state index is 0.133. The Balaban J connectivity index is 1.56. The lowest BCUT2D eigenvalue weighted by Gasteiger charge is -2.26. The molecular formula is C24H33N3O2S2+2. The van der Waals surface area contributed by atoms with E-state index < -0.39 is 0 Å². The highest BCUT2D eigenvalue weighted by Crippen LogP contribution is 2.42. The van der Waals surface area contributed by atoms with E-state index in [2.05, 4.69) is 40.3 Å². The molecule has 3 aliphatic rings. The smallest absolute Gasteiger partial charge is 0.276 e. The molecule has 1 amide bonds. The minimum atomic E-state index is 0.133. The van der Waals surface area contributed by atoms with E-state index >= 15 is 0 Å². The van der Waals surface area contributed by atoms with E-state index in [1.165, 1.54) is 72.0 Å². The maximum atomic E-state index is 13.5. The fraction of sp³-hybridized carbons (Fsp3) is 0.583. The van der Waals surface area contributed by atoms with Crippen molar-refractivity contribution in [1.29, 1.82) is 0 Å². The molecule has 2 aliphatic heterocycles. The Kier molecular flexibility index (Phi) is 6.62. The van der Waals surface area contributed by atoms with Gasteiger partial charge >= 0.3 is 0 Å². The van der Waals surface area contributed by atoms with Crippen molar-refractivity contribution in [1.82, 2.24) is 10.00 Å². The normalized spacial score (nSPS) is 24.1. The highest BCUT2D eigenvalue weighted by atomic mass is 32.2. The van der Waals surface area contributed by atoms with E-state index in [0.29, 0.717) is 32.3 Å². The van der Waals surface area contributed by atoms with E-state index in [1.807, 2.05) is 16.7 Å². The van der Waals surface area contributed by atoms with Gasteiger partial charge in [-0.05, 0) is 43.2 Å². The van der Waals surface area contributed by atoms with Crippen LogP contribution in [0.5, 0.6) is 0 Å². The molecule has 2 fully saturated rings. The molecule has 1 aliphatic carbocycles. The van der Waals surface area contributed by atoms with E-state index in [9.17, 15) is 4.79 Å². The topological polar surface area (TPSA) is 49.2 Å². The first-order valence-corrected chi connectivity index (χ1v) is 14.0. The third kappa shape index (κ3) is 4.29. The third-order valence-electron chi connectivity index (χ3n) is 6.98. The largest absolute Gasteiger partial charge is 0.378 e. The molecule has 5 nitrogen and oxygen atoms in total. The Morgan fingerprint density at radius 3 is 2.81 bits per heavy atom. The van der Waals surface area contributed by atoms with Crippen molar-refractivity contribution < 1.29 is 14.2 Å². The molecule has 2 unspecified atom stereocenters. The Morgan fingerprint density at radius 1 is 1.16 bits per heavy atom. The van der Waals surface area contributed by atoms with Crippen LogP contribution in [0, 0.1) is 0 Å². The third-order valence-corrected chi connectivity index (χ3v) is 9.32. The van der Waals surface area contributed by atoms with Crippen LogP contribution in [0.3, 0.4) is 0 Å². The molecule has 7 heteroatoms. The van der Waals surface area contributed by atoms with Crippen molar-refractivity contribution in [2.24, 2.45) is 0 Å². The van der Waals surface area contributed by atoms with Gasteiger partial charge in [0.1, 0.15) is 5.25 Å². The summed E-state index contributed by atoms with van der Waals surface area (Å²) in [6.45, 7) is 2.62. The van der Waals surface area contributed by atoms with Crippen LogP contribution < -0.4 is 4.68 Å². The summed E-state index contributed by atoms with van der Waals surface area (Å²) in [5.74, 6) is 0.985. The summed E-state index contributed by atoms with van der Waals surface area (Å²) in [5.41, 5.74) is 4.51. The van der Waals surface area contributed by atoms with Gasteiger partial charge in [0, 0.05) is 43.0 Å². The van der Waals surface area contributed by atoms with Crippen LogP contribution in [0.4, 0.5) is 0 Å². The Labute approximate surface area is 193 Å². The van der Waals surface area contributed by atoms with Crippen molar-refractivity contribution in [2.45, 2.75) is 60.5 Å². The van der Waals surface area contributed by atoms with Crippen molar-refractivity contribution in [3.8, 4) is 11.3 Å². The number of ether oxygens (including phenoxy) is 1. The number of carbonyl (C=O) groups excluding carboxylic acids is 1. The van der Waals surface area contributed by atoms with Crippen molar-refractivity contribution in [3.63, 3.8) is 0 Å². The number of hydrogen-bond acceptors (Lipinski definition) is 3. The first-order valence-electron chi connectivity index (χ1n) is 11.6. The molecule has 0 radical (unpaired) electrons. The molecule has 5 rings (SSSR count). The molecule has 1 aromatic carbocycles. The van der Waals surface area contributed by atoms with Crippen molar-refractivity contribution in [3.05, 3.63) is 35.5 Å². The summed E-state index contributed by atoms with van der Waals surface area (Å²) in [4.78, 5) is 16.8. The summed E-state index contributed by atoms with van der Waals surface area (Å²) in [5, 5.41) is 4.46. The average Bonchev–Trinajstić information content (AvgIpc) is 3.19. The van der Waals surface area contributed by atoms with E-state index in [4.69, 9.17) is 4.74 Å². The summed E-state index contributed by atoms with van der Waals surface area (Å²) in [7, 11) is 0. The Morgan fingerprint density at radius 2 is 1.97 bits per heavy atom. The number of nitrogens with zero attached hydrogens (tertiary/aromatic N) is 2. The van der Waals surface area contributed by atoms with Crippen LogP contribution in [0.15, 0.2) is 29.2 Å². The number of hydrogen-bond donors (Lipinski definition) is 1. The predicted molar refractivity (Wildman–Crippen MR) is 128 cm³/mol. The highest BCUT2D eigenvalue weighted by Gasteiger charge is 2.39. The second-order valence-electron chi connectivity index (χ2n) is 8.80. The minimum Gasteiger partial charge on any atom is -0.378 e. The van der Waals surface area contributed by atoms with Crippen LogP contribution in [-0.2, 0) is 22.3 Å². The first kappa shape index (κ1) is 21.4. The molecular weight excluding hydrogens is 426 g/mol. The number of nitrogens with one attached hydrogen (secondary N) is 1. The second kappa shape index (κ2) is 9.59. The number of aromatic amines is 1. The van der Waals surface area contributed by atoms with Gasteiger partial charge in [-0.25, -0.2) is 0 Å². The number of rotatable bonds is 3. The summed E-state index contributed by atoms with van der Waals surface area (Å²) in [6.07, 6.45) is 9.88. The quantitative estimate of drug-likeness (QED) is 0.432. The number of carbonyl (C=O) groups is 1. The zero-order valence-electron chi connectivity index (χ0n) is 18.3. The van der Waals surface area contributed by atoms with Gasteiger partial charge in [-0.1, -0.05) is 12.1 Å². The van der Waals surface area contributed by atoms with E-state index in [-0.39, 0.29) is 5.91 Å². The number of morpholine rings is 1. The van der Waals surface area contributed by atoms with Gasteiger partial charge in [0.05, 0.1) is 30.6 Å². The maximum Gasteiger partial charge on any atom is 0.276 e. The van der Waals surface area contributed by atoms with Crippen molar-refractivity contribution in [2.75, 3.05) is 32.6 Å². The van der Waals surface area contributed by atoms with Gasteiger partial charge < -0.3 is 9.64 Å². The van der Waals surface area contributed by atoms with Crippen LogP contribution >= 0.6 is 11.8 Å². The number of aromatic nitrogens is 2. The molecule has 3 heterocycles. The van der Waals surface area contributed by atoms with Gasteiger partial charge in [0.15, 0.2) is 11.7 Å². The fourth-order valence-electron chi connectivity index (χ4n) is 5.20. The number of amides is 1. The predicted octanol–water partition coefficient (Wildman–Crippen LogP) is 3.76. The zero-order chi connectivity index (χ0) is 21.2. The lowest BCUT2D eigenvalue weighted by Crippen LogP contribution is -2.45. The van der Waals surface area contributed by atoms with Gasteiger partial charge in [0.25, 0.3) is 5.91 Å². The SMILES string of the molecule is C[SH+]C1CCCCC([n+]2[nH]c(C(=O)N3CCOCC3)c3c2-c2ccccc2SC3)CC1. The van der Waals surface area contributed by atoms with Gasteiger partial charge in [-0.15, -0.1) is 16.4 Å².